The molecule has 0 saturated heterocycles. The Morgan fingerprint density at radius 3 is 2.57 bits per heavy atom. The van der Waals surface area contributed by atoms with E-state index in [9.17, 15) is 13.2 Å². The Balaban J connectivity index is 2.83. The average molecular weight is 204 g/mol. The summed E-state index contributed by atoms with van der Waals surface area (Å²) in [6.45, 7) is -0.982. The van der Waals surface area contributed by atoms with E-state index in [4.69, 9.17) is 0 Å². The second-order valence-electron chi connectivity index (χ2n) is 2.92. The molecule has 78 valence electrons. The van der Waals surface area contributed by atoms with Gasteiger partial charge in [-0.3, -0.25) is 0 Å². The number of rotatable bonds is 4. The lowest BCUT2D eigenvalue weighted by Crippen LogP contribution is -2.02. The van der Waals surface area contributed by atoms with Gasteiger partial charge in [0.1, 0.15) is 11.6 Å². The van der Waals surface area contributed by atoms with Crippen molar-refractivity contribution < 1.29 is 17.9 Å². The van der Waals surface area contributed by atoms with Crippen molar-refractivity contribution >= 4 is 0 Å². The summed E-state index contributed by atoms with van der Waals surface area (Å²) in [4.78, 5) is 0. The predicted molar refractivity (Wildman–Crippen MR) is 47.0 cm³/mol. The van der Waals surface area contributed by atoms with Gasteiger partial charge in [-0.05, 0) is 24.1 Å². The fraction of sp³-hybridized carbons (Fsp3) is 0.400. The second-order valence-corrected chi connectivity index (χ2v) is 2.92. The van der Waals surface area contributed by atoms with Gasteiger partial charge in [0.05, 0.1) is 0 Å². The molecule has 0 aliphatic carbocycles. The number of aryl methyl sites for hydroxylation is 1. The molecule has 0 aliphatic rings. The molecular formula is C10H11F3O. The summed E-state index contributed by atoms with van der Waals surface area (Å²) in [5.41, 5.74) is 0.670. The number of hydrogen-bond donors (Lipinski definition) is 0. The minimum absolute atomic E-state index is 0.122. The molecule has 0 saturated carbocycles. The molecule has 0 bridgehead atoms. The van der Waals surface area contributed by atoms with Gasteiger partial charge >= 0.3 is 6.61 Å². The molecule has 0 aliphatic heterocycles. The van der Waals surface area contributed by atoms with E-state index in [1.165, 1.54) is 12.1 Å². The van der Waals surface area contributed by atoms with E-state index >= 15 is 0 Å². The van der Waals surface area contributed by atoms with Gasteiger partial charge in [0.15, 0.2) is 0 Å². The van der Waals surface area contributed by atoms with E-state index in [0.29, 0.717) is 12.0 Å². The zero-order valence-electron chi connectivity index (χ0n) is 7.77. The summed E-state index contributed by atoms with van der Waals surface area (Å²) in [6, 6.07) is 3.70. The van der Waals surface area contributed by atoms with Crippen molar-refractivity contribution in [2.75, 3.05) is 0 Å². The van der Waals surface area contributed by atoms with Crippen LogP contribution in [0.4, 0.5) is 13.2 Å². The predicted octanol–water partition coefficient (Wildman–Crippen LogP) is 3.38. The zero-order chi connectivity index (χ0) is 10.6. The van der Waals surface area contributed by atoms with E-state index in [1.54, 1.807) is 0 Å². The molecule has 0 radical (unpaired) electrons. The Morgan fingerprint density at radius 2 is 2.00 bits per heavy atom. The van der Waals surface area contributed by atoms with E-state index < -0.39 is 12.4 Å². The van der Waals surface area contributed by atoms with Crippen LogP contribution in [0, 0.1) is 5.82 Å². The molecule has 0 aromatic heterocycles. The summed E-state index contributed by atoms with van der Waals surface area (Å²) in [5.74, 6) is -0.671. The maximum absolute atomic E-state index is 12.9. The lowest BCUT2D eigenvalue weighted by molar-refractivity contribution is -0.0500. The van der Waals surface area contributed by atoms with Crippen molar-refractivity contribution in [3.63, 3.8) is 0 Å². The highest BCUT2D eigenvalue weighted by Crippen LogP contribution is 2.19. The first kappa shape index (κ1) is 10.9. The highest BCUT2D eigenvalue weighted by molar-refractivity contribution is 5.29. The van der Waals surface area contributed by atoms with E-state index in [2.05, 4.69) is 4.74 Å². The van der Waals surface area contributed by atoms with Gasteiger partial charge < -0.3 is 4.74 Å². The quantitative estimate of drug-likeness (QED) is 0.730. The molecule has 0 N–H and O–H groups in total. The smallest absolute Gasteiger partial charge is 0.387 e. The first-order chi connectivity index (χ1) is 6.61. The normalized spacial score (nSPS) is 10.6. The van der Waals surface area contributed by atoms with Crippen LogP contribution in [0.3, 0.4) is 0 Å². The first-order valence-corrected chi connectivity index (χ1v) is 4.36. The number of ether oxygens (including phenoxy) is 1. The Hall–Kier alpha value is -1.19. The molecule has 1 rings (SSSR count). The monoisotopic (exact) mass is 204 g/mol. The van der Waals surface area contributed by atoms with Crippen LogP contribution in [0.2, 0.25) is 0 Å². The number of hydrogen-bond acceptors (Lipinski definition) is 1. The van der Waals surface area contributed by atoms with Crippen LogP contribution in [0.15, 0.2) is 18.2 Å². The Bertz CT molecular complexity index is 299. The third-order valence-corrected chi connectivity index (χ3v) is 1.69. The van der Waals surface area contributed by atoms with E-state index in [-0.39, 0.29) is 5.75 Å². The SMILES string of the molecule is CCCc1cc(F)cc(OC(F)F)c1. The summed E-state index contributed by atoms with van der Waals surface area (Å²) < 4.78 is 40.6. The summed E-state index contributed by atoms with van der Waals surface area (Å²) >= 11 is 0. The van der Waals surface area contributed by atoms with Gasteiger partial charge in [-0.1, -0.05) is 13.3 Å². The van der Waals surface area contributed by atoms with Crippen molar-refractivity contribution in [1.29, 1.82) is 0 Å². The standard InChI is InChI=1S/C10H11F3O/c1-2-3-7-4-8(11)6-9(5-7)14-10(12)13/h4-6,10H,2-3H2,1H3. The molecule has 0 atom stereocenters. The number of benzene rings is 1. The van der Waals surface area contributed by atoms with Crippen LogP contribution in [-0.2, 0) is 6.42 Å². The van der Waals surface area contributed by atoms with Crippen molar-refractivity contribution in [3.8, 4) is 5.75 Å². The van der Waals surface area contributed by atoms with Crippen molar-refractivity contribution in [2.45, 2.75) is 26.4 Å². The minimum atomic E-state index is -2.91. The molecule has 14 heavy (non-hydrogen) atoms. The fourth-order valence-corrected chi connectivity index (χ4v) is 1.22. The van der Waals surface area contributed by atoms with Gasteiger partial charge in [-0.2, -0.15) is 8.78 Å². The van der Waals surface area contributed by atoms with Crippen molar-refractivity contribution in [3.05, 3.63) is 29.6 Å². The number of halogens is 3. The summed E-state index contributed by atoms with van der Waals surface area (Å²) in [7, 11) is 0. The molecule has 0 amide bonds. The number of alkyl halides is 2. The van der Waals surface area contributed by atoms with Crippen LogP contribution in [-0.4, -0.2) is 6.61 Å². The van der Waals surface area contributed by atoms with Crippen LogP contribution >= 0.6 is 0 Å². The maximum Gasteiger partial charge on any atom is 0.387 e. The lowest BCUT2D eigenvalue weighted by Gasteiger charge is -2.06. The zero-order valence-corrected chi connectivity index (χ0v) is 7.77. The van der Waals surface area contributed by atoms with Crippen LogP contribution < -0.4 is 4.74 Å². The van der Waals surface area contributed by atoms with Gasteiger partial charge in [-0.15, -0.1) is 0 Å². The molecule has 1 aromatic rings. The molecule has 4 heteroatoms. The van der Waals surface area contributed by atoms with Gasteiger partial charge in [0.2, 0.25) is 0 Å². The fourth-order valence-electron chi connectivity index (χ4n) is 1.22. The van der Waals surface area contributed by atoms with E-state index in [0.717, 1.165) is 12.5 Å². The molecule has 0 fully saturated rings. The van der Waals surface area contributed by atoms with Crippen LogP contribution in [0.1, 0.15) is 18.9 Å². The van der Waals surface area contributed by atoms with Crippen LogP contribution in [0.25, 0.3) is 0 Å². The molecule has 0 spiro atoms. The van der Waals surface area contributed by atoms with Crippen molar-refractivity contribution in [1.82, 2.24) is 0 Å². The highest BCUT2D eigenvalue weighted by atomic mass is 19.3. The van der Waals surface area contributed by atoms with Gasteiger partial charge in [0.25, 0.3) is 0 Å². The third kappa shape index (κ3) is 3.28. The average Bonchev–Trinajstić information content (AvgIpc) is 2.01. The van der Waals surface area contributed by atoms with Crippen LogP contribution in [0.5, 0.6) is 5.75 Å². The Kier molecular flexibility index (Phi) is 3.80. The largest absolute Gasteiger partial charge is 0.435 e. The third-order valence-electron chi connectivity index (χ3n) is 1.69. The second kappa shape index (κ2) is 4.88. The maximum atomic E-state index is 12.9. The topological polar surface area (TPSA) is 9.23 Å². The highest BCUT2D eigenvalue weighted by Gasteiger charge is 2.06. The Labute approximate surface area is 80.5 Å². The lowest BCUT2D eigenvalue weighted by atomic mass is 10.1. The molecule has 0 heterocycles. The van der Waals surface area contributed by atoms with Gasteiger partial charge in [-0.25, -0.2) is 4.39 Å². The molecule has 1 aromatic carbocycles. The van der Waals surface area contributed by atoms with Gasteiger partial charge in [0, 0.05) is 6.07 Å². The van der Waals surface area contributed by atoms with Crippen molar-refractivity contribution in [2.24, 2.45) is 0 Å². The minimum Gasteiger partial charge on any atom is -0.435 e. The summed E-state index contributed by atoms with van der Waals surface area (Å²) in [5, 5.41) is 0. The first-order valence-electron chi connectivity index (χ1n) is 4.36. The van der Waals surface area contributed by atoms with E-state index in [1.807, 2.05) is 6.92 Å². The molecular weight excluding hydrogens is 193 g/mol. The Morgan fingerprint density at radius 1 is 1.29 bits per heavy atom. The molecule has 0 unspecified atom stereocenters. The summed E-state index contributed by atoms with van der Waals surface area (Å²) in [6.07, 6.45) is 1.48. The molecule has 1 nitrogen and oxygen atoms in total.